The SMILES string of the molecule is CCc1ccccc1NC(=O)CSc1nnc(C)n1C. The van der Waals surface area contributed by atoms with E-state index in [0.717, 1.165) is 28.7 Å². The molecule has 1 aromatic heterocycles. The lowest BCUT2D eigenvalue weighted by molar-refractivity contribution is -0.113. The smallest absolute Gasteiger partial charge is 0.234 e. The summed E-state index contributed by atoms with van der Waals surface area (Å²) in [6, 6.07) is 7.85. The molecule has 0 bridgehead atoms. The average molecular weight is 290 g/mol. The fraction of sp³-hybridized carbons (Fsp3) is 0.357. The van der Waals surface area contributed by atoms with Gasteiger partial charge in [0, 0.05) is 12.7 Å². The number of aryl methyl sites for hydroxylation is 2. The standard InChI is InChI=1S/C14H18N4OS/c1-4-11-7-5-6-8-12(11)15-13(19)9-20-14-17-16-10(2)18(14)3/h5-8H,4,9H2,1-3H3,(H,15,19). The average Bonchev–Trinajstić information content (AvgIpc) is 2.77. The Morgan fingerprint density at radius 1 is 1.35 bits per heavy atom. The lowest BCUT2D eigenvalue weighted by Gasteiger charge is -2.09. The zero-order chi connectivity index (χ0) is 14.5. The molecule has 106 valence electrons. The number of nitrogens with zero attached hydrogens (tertiary/aromatic N) is 3. The maximum atomic E-state index is 12.0. The van der Waals surface area contributed by atoms with Gasteiger partial charge in [0.1, 0.15) is 5.82 Å². The maximum Gasteiger partial charge on any atom is 0.234 e. The Bertz CT molecular complexity index is 609. The lowest BCUT2D eigenvalue weighted by atomic mass is 10.1. The summed E-state index contributed by atoms with van der Waals surface area (Å²) in [4.78, 5) is 12.0. The van der Waals surface area contributed by atoms with Crippen molar-refractivity contribution in [2.24, 2.45) is 7.05 Å². The zero-order valence-electron chi connectivity index (χ0n) is 11.9. The number of nitrogens with one attached hydrogen (secondary N) is 1. The quantitative estimate of drug-likeness (QED) is 0.859. The van der Waals surface area contributed by atoms with E-state index >= 15 is 0 Å². The number of hydrogen-bond acceptors (Lipinski definition) is 4. The first kappa shape index (κ1) is 14.6. The van der Waals surface area contributed by atoms with E-state index < -0.39 is 0 Å². The van der Waals surface area contributed by atoms with Gasteiger partial charge < -0.3 is 9.88 Å². The van der Waals surface area contributed by atoms with Crippen LogP contribution < -0.4 is 5.32 Å². The molecule has 0 fully saturated rings. The molecule has 1 N–H and O–H groups in total. The number of rotatable bonds is 5. The van der Waals surface area contributed by atoms with Crippen LogP contribution in [0.3, 0.4) is 0 Å². The first-order valence-electron chi connectivity index (χ1n) is 6.48. The van der Waals surface area contributed by atoms with Gasteiger partial charge in [0.15, 0.2) is 5.16 Å². The molecule has 0 saturated carbocycles. The minimum atomic E-state index is -0.0310. The van der Waals surface area contributed by atoms with E-state index in [9.17, 15) is 4.79 Å². The minimum absolute atomic E-state index is 0.0310. The van der Waals surface area contributed by atoms with E-state index in [0.29, 0.717) is 5.75 Å². The lowest BCUT2D eigenvalue weighted by Crippen LogP contribution is -2.15. The van der Waals surface area contributed by atoms with Gasteiger partial charge in [0.25, 0.3) is 0 Å². The molecule has 0 aliphatic rings. The molecule has 0 spiro atoms. The summed E-state index contributed by atoms with van der Waals surface area (Å²) in [7, 11) is 1.89. The highest BCUT2D eigenvalue weighted by atomic mass is 32.2. The number of hydrogen-bond donors (Lipinski definition) is 1. The number of para-hydroxylation sites is 1. The van der Waals surface area contributed by atoms with Gasteiger partial charge in [-0.2, -0.15) is 0 Å². The summed E-state index contributed by atoms with van der Waals surface area (Å²) in [5, 5.41) is 11.7. The minimum Gasteiger partial charge on any atom is -0.325 e. The number of benzene rings is 1. The summed E-state index contributed by atoms with van der Waals surface area (Å²) >= 11 is 1.39. The first-order valence-corrected chi connectivity index (χ1v) is 7.47. The van der Waals surface area contributed by atoms with Crippen molar-refractivity contribution >= 4 is 23.4 Å². The Kier molecular flexibility index (Phi) is 4.79. The monoisotopic (exact) mass is 290 g/mol. The van der Waals surface area contributed by atoms with Gasteiger partial charge in [-0.05, 0) is 25.0 Å². The molecule has 1 amide bonds. The molecule has 2 rings (SSSR count). The Balaban J connectivity index is 1.94. The van der Waals surface area contributed by atoms with E-state index in [4.69, 9.17) is 0 Å². The van der Waals surface area contributed by atoms with Crippen LogP contribution in [0.2, 0.25) is 0 Å². The zero-order valence-corrected chi connectivity index (χ0v) is 12.7. The van der Waals surface area contributed by atoms with Gasteiger partial charge in [0.2, 0.25) is 5.91 Å². The molecule has 0 saturated heterocycles. The van der Waals surface area contributed by atoms with Gasteiger partial charge in [0.05, 0.1) is 5.75 Å². The number of amides is 1. The van der Waals surface area contributed by atoms with Gasteiger partial charge in [-0.15, -0.1) is 10.2 Å². The highest BCUT2D eigenvalue weighted by Gasteiger charge is 2.10. The maximum absolute atomic E-state index is 12.0. The molecule has 0 aliphatic carbocycles. The second-order valence-electron chi connectivity index (χ2n) is 4.44. The topological polar surface area (TPSA) is 59.8 Å². The van der Waals surface area contributed by atoms with Crippen LogP contribution in [0.1, 0.15) is 18.3 Å². The third-order valence-corrected chi connectivity index (χ3v) is 4.08. The van der Waals surface area contributed by atoms with Crippen LogP contribution in [0.25, 0.3) is 0 Å². The molecule has 1 heterocycles. The van der Waals surface area contributed by atoms with Gasteiger partial charge in [-0.1, -0.05) is 36.9 Å². The van der Waals surface area contributed by atoms with Crippen molar-refractivity contribution in [3.63, 3.8) is 0 Å². The summed E-state index contributed by atoms with van der Waals surface area (Å²) in [5.41, 5.74) is 2.02. The normalized spacial score (nSPS) is 10.6. The molecule has 0 radical (unpaired) electrons. The molecular weight excluding hydrogens is 272 g/mol. The van der Waals surface area contributed by atoms with Crippen LogP contribution in [0, 0.1) is 6.92 Å². The van der Waals surface area contributed by atoms with E-state index in [-0.39, 0.29) is 5.91 Å². The van der Waals surface area contributed by atoms with Gasteiger partial charge in [-0.25, -0.2) is 0 Å². The second kappa shape index (κ2) is 6.56. The molecule has 0 unspecified atom stereocenters. The Hall–Kier alpha value is -1.82. The van der Waals surface area contributed by atoms with Crippen molar-refractivity contribution in [3.05, 3.63) is 35.7 Å². The third kappa shape index (κ3) is 3.39. The van der Waals surface area contributed by atoms with Gasteiger partial charge >= 0.3 is 0 Å². The van der Waals surface area contributed by atoms with E-state index in [1.54, 1.807) is 0 Å². The molecule has 20 heavy (non-hydrogen) atoms. The Labute approximate surface area is 122 Å². The number of aromatic nitrogens is 3. The van der Waals surface area contributed by atoms with Crippen molar-refractivity contribution in [2.45, 2.75) is 25.4 Å². The van der Waals surface area contributed by atoms with E-state index in [1.807, 2.05) is 42.8 Å². The highest BCUT2D eigenvalue weighted by Crippen LogP contribution is 2.18. The number of carbonyl (C=O) groups is 1. The molecular formula is C14H18N4OS. The second-order valence-corrected chi connectivity index (χ2v) is 5.38. The van der Waals surface area contributed by atoms with Crippen molar-refractivity contribution < 1.29 is 4.79 Å². The Morgan fingerprint density at radius 2 is 2.10 bits per heavy atom. The highest BCUT2D eigenvalue weighted by molar-refractivity contribution is 7.99. The van der Waals surface area contributed by atoms with Crippen LogP contribution >= 0.6 is 11.8 Å². The van der Waals surface area contributed by atoms with Crippen LogP contribution in [0.4, 0.5) is 5.69 Å². The van der Waals surface area contributed by atoms with Crippen molar-refractivity contribution in [3.8, 4) is 0 Å². The van der Waals surface area contributed by atoms with Crippen LogP contribution in [-0.4, -0.2) is 26.4 Å². The molecule has 5 nitrogen and oxygen atoms in total. The van der Waals surface area contributed by atoms with E-state index in [2.05, 4.69) is 22.4 Å². The third-order valence-electron chi connectivity index (χ3n) is 3.06. The molecule has 6 heteroatoms. The fourth-order valence-electron chi connectivity index (χ4n) is 1.78. The Morgan fingerprint density at radius 3 is 2.75 bits per heavy atom. The number of carbonyl (C=O) groups excluding carboxylic acids is 1. The van der Waals surface area contributed by atoms with Crippen molar-refractivity contribution in [2.75, 3.05) is 11.1 Å². The molecule has 1 aromatic carbocycles. The molecule has 0 aliphatic heterocycles. The summed E-state index contributed by atoms with van der Waals surface area (Å²) < 4.78 is 1.87. The summed E-state index contributed by atoms with van der Waals surface area (Å²) in [6.45, 7) is 3.96. The summed E-state index contributed by atoms with van der Waals surface area (Å²) in [5.74, 6) is 1.13. The van der Waals surface area contributed by atoms with E-state index in [1.165, 1.54) is 11.8 Å². The predicted molar refractivity (Wildman–Crippen MR) is 80.9 cm³/mol. The molecule has 2 aromatic rings. The van der Waals surface area contributed by atoms with Gasteiger partial charge in [-0.3, -0.25) is 4.79 Å². The number of anilines is 1. The predicted octanol–water partition coefficient (Wildman–Crippen LogP) is 2.42. The first-order chi connectivity index (χ1) is 9.61. The van der Waals surface area contributed by atoms with Crippen molar-refractivity contribution in [1.29, 1.82) is 0 Å². The molecule has 0 atom stereocenters. The largest absolute Gasteiger partial charge is 0.325 e. The van der Waals surface area contributed by atoms with Crippen LogP contribution in [0.15, 0.2) is 29.4 Å². The number of thioether (sulfide) groups is 1. The summed E-state index contributed by atoms with van der Waals surface area (Å²) in [6.07, 6.45) is 0.895. The van der Waals surface area contributed by atoms with Crippen molar-refractivity contribution in [1.82, 2.24) is 14.8 Å². The van der Waals surface area contributed by atoms with Crippen LogP contribution in [-0.2, 0) is 18.3 Å². The van der Waals surface area contributed by atoms with Crippen LogP contribution in [0.5, 0.6) is 0 Å². The fourth-order valence-corrected chi connectivity index (χ4v) is 2.54.